The summed E-state index contributed by atoms with van der Waals surface area (Å²) in [5.74, 6) is 0. The van der Waals surface area contributed by atoms with Crippen molar-refractivity contribution in [3.63, 3.8) is 0 Å². The quantitative estimate of drug-likeness (QED) is 0.0489. The number of hydrogen-bond acceptors (Lipinski definition) is 3. The molecule has 0 N–H and O–H groups in total. The second-order valence-electron chi connectivity index (χ2n) is 8.11. The zero-order chi connectivity index (χ0) is 22.0. The summed E-state index contributed by atoms with van der Waals surface area (Å²) in [5.41, 5.74) is 8.73. The van der Waals surface area contributed by atoms with Crippen LogP contribution in [0.3, 0.4) is 0 Å². The van der Waals surface area contributed by atoms with Gasteiger partial charge in [-0.25, -0.2) is 0 Å². The van der Waals surface area contributed by atoms with Crippen molar-refractivity contribution in [3.05, 3.63) is 35.8 Å². The monoisotopic (exact) mass is 421 g/mol. The molecule has 0 aromatic rings. The van der Waals surface area contributed by atoms with Gasteiger partial charge in [-0.1, -0.05) is 81.5 Å². The van der Waals surface area contributed by atoms with Crippen molar-refractivity contribution in [2.75, 3.05) is 26.4 Å². The Kier molecular flexibility index (Phi) is 24.6. The molecule has 0 atom stereocenters. The SMILES string of the molecule is C=CCCCCCCCCCOCC(COCCCCCCCCCC=C)N=[N+]=[N-]. The normalized spacial score (nSPS) is 10.8. The maximum Gasteiger partial charge on any atom is 0.0841 e. The highest BCUT2D eigenvalue weighted by atomic mass is 16.5. The van der Waals surface area contributed by atoms with Gasteiger partial charge < -0.3 is 9.47 Å². The predicted octanol–water partition coefficient (Wildman–Crippen LogP) is 8.31. The van der Waals surface area contributed by atoms with Gasteiger partial charge in [-0.15, -0.1) is 13.2 Å². The Balaban J connectivity index is 3.45. The van der Waals surface area contributed by atoms with E-state index in [0.29, 0.717) is 13.2 Å². The molecule has 30 heavy (non-hydrogen) atoms. The van der Waals surface area contributed by atoms with Crippen molar-refractivity contribution in [2.45, 2.75) is 109 Å². The zero-order valence-electron chi connectivity index (χ0n) is 19.4. The third-order valence-corrected chi connectivity index (χ3v) is 5.23. The standard InChI is InChI=1S/C25H47N3O2/c1-3-5-7-9-11-13-15-17-19-21-29-23-25(27-28-26)24-30-22-20-18-16-14-12-10-8-6-4-2/h3-4,25H,1-2,5-24H2. The summed E-state index contributed by atoms with van der Waals surface area (Å²) < 4.78 is 11.4. The first-order valence-corrected chi connectivity index (χ1v) is 12.3. The number of unbranched alkanes of at least 4 members (excludes halogenated alkanes) is 14. The van der Waals surface area contributed by atoms with Crippen LogP contribution in [0.4, 0.5) is 0 Å². The van der Waals surface area contributed by atoms with E-state index in [4.69, 9.17) is 15.0 Å². The van der Waals surface area contributed by atoms with Gasteiger partial charge in [0.1, 0.15) is 0 Å². The zero-order valence-corrected chi connectivity index (χ0v) is 19.4. The molecule has 0 aliphatic heterocycles. The number of rotatable bonds is 25. The first-order chi connectivity index (χ1) is 14.8. The fraction of sp³-hybridized carbons (Fsp3) is 0.840. The van der Waals surface area contributed by atoms with E-state index in [9.17, 15) is 0 Å². The minimum absolute atomic E-state index is 0.218. The molecule has 0 saturated carbocycles. The Labute approximate surface area is 185 Å². The summed E-state index contributed by atoms with van der Waals surface area (Å²) in [5, 5.41) is 3.81. The second-order valence-corrected chi connectivity index (χ2v) is 8.11. The number of nitrogens with zero attached hydrogens (tertiary/aromatic N) is 3. The van der Waals surface area contributed by atoms with Crippen LogP contribution < -0.4 is 0 Å². The van der Waals surface area contributed by atoms with Gasteiger partial charge >= 0.3 is 0 Å². The fourth-order valence-corrected chi connectivity index (χ4v) is 3.38. The molecule has 0 aromatic carbocycles. The molecular weight excluding hydrogens is 374 g/mol. The lowest BCUT2D eigenvalue weighted by Crippen LogP contribution is -2.20. The number of hydrogen-bond donors (Lipinski definition) is 0. The highest BCUT2D eigenvalue weighted by Crippen LogP contribution is 2.10. The second kappa shape index (κ2) is 25.7. The highest BCUT2D eigenvalue weighted by Gasteiger charge is 2.07. The Hall–Kier alpha value is -1.29. The van der Waals surface area contributed by atoms with E-state index in [2.05, 4.69) is 23.2 Å². The number of ether oxygens (including phenoxy) is 2. The van der Waals surface area contributed by atoms with Crippen LogP contribution in [0.5, 0.6) is 0 Å². The first-order valence-electron chi connectivity index (χ1n) is 12.3. The van der Waals surface area contributed by atoms with Crippen LogP contribution in [0.25, 0.3) is 10.4 Å². The molecule has 0 amide bonds. The van der Waals surface area contributed by atoms with Crippen LogP contribution >= 0.6 is 0 Å². The lowest BCUT2D eigenvalue weighted by molar-refractivity contribution is 0.0646. The molecule has 0 saturated heterocycles. The van der Waals surface area contributed by atoms with Crippen LogP contribution in [0, 0.1) is 0 Å². The average Bonchev–Trinajstić information content (AvgIpc) is 2.75. The molecular formula is C25H47N3O2. The number of allylic oxidation sites excluding steroid dienone is 2. The van der Waals surface area contributed by atoms with Gasteiger partial charge in [-0.05, 0) is 44.1 Å². The van der Waals surface area contributed by atoms with Crippen LogP contribution in [-0.2, 0) is 9.47 Å². The summed E-state index contributed by atoms with van der Waals surface area (Å²) in [6.07, 6.45) is 23.8. The molecule has 0 aromatic heterocycles. The van der Waals surface area contributed by atoms with E-state index >= 15 is 0 Å². The van der Waals surface area contributed by atoms with Gasteiger partial charge in [0, 0.05) is 18.1 Å². The molecule has 0 fully saturated rings. The third kappa shape index (κ3) is 23.0. The van der Waals surface area contributed by atoms with Crippen molar-refractivity contribution >= 4 is 0 Å². The van der Waals surface area contributed by atoms with Gasteiger partial charge in [0.05, 0.1) is 19.3 Å². The third-order valence-electron chi connectivity index (χ3n) is 5.23. The van der Waals surface area contributed by atoms with Crippen LogP contribution in [-0.4, -0.2) is 32.5 Å². The molecule has 0 rings (SSSR count). The van der Waals surface area contributed by atoms with Crippen molar-refractivity contribution in [2.24, 2.45) is 5.11 Å². The summed E-state index contributed by atoms with van der Waals surface area (Å²) in [6, 6.07) is -0.218. The summed E-state index contributed by atoms with van der Waals surface area (Å²) in [7, 11) is 0. The Morgan fingerprint density at radius 2 is 1.00 bits per heavy atom. The average molecular weight is 422 g/mol. The Bertz CT molecular complexity index is 393. The van der Waals surface area contributed by atoms with Crippen LogP contribution in [0.1, 0.15) is 103 Å². The minimum atomic E-state index is -0.218. The Morgan fingerprint density at radius 1 is 0.633 bits per heavy atom. The van der Waals surface area contributed by atoms with E-state index < -0.39 is 0 Å². The van der Waals surface area contributed by atoms with E-state index in [1.54, 1.807) is 0 Å². The lowest BCUT2D eigenvalue weighted by Gasteiger charge is -2.12. The maximum absolute atomic E-state index is 8.73. The topological polar surface area (TPSA) is 67.2 Å². The predicted molar refractivity (Wildman–Crippen MR) is 129 cm³/mol. The largest absolute Gasteiger partial charge is 0.381 e. The van der Waals surface area contributed by atoms with Crippen LogP contribution in [0.15, 0.2) is 30.4 Å². The smallest absolute Gasteiger partial charge is 0.0841 e. The highest BCUT2D eigenvalue weighted by molar-refractivity contribution is 4.67. The minimum Gasteiger partial charge on any atom is -0.381 e. The van der Waals surface area contributed by atoms with E-state index in [0.717, 1.165) is 38.9 Å². The molecule has 0 spiro atoms. The number of azide groups is 1. The van der Waals surface area contributed by atoms with Crippen molar-refractivity contribution in [1.29, 1.82) is 0 Å². The molecule has 0 unspecified atom stereocenters. The van der Waals surface area contributed by atoms with Gasteiger partial charge in [-0.2, -0.15) is 0 Å². The summed E-state index contributed by atoms with van der Waals surface area (Å²) in [4.78, 5) is 2.93. The van der Waals surface area contributed by atoms with Crippen LogP contribution in [0.2, 0.25) is 0 Å². The van der Waals surface area contributed by atoms with Crippen molar-refractivity contribution in [1.82, 2.24) is 0 Å². The van der Waals surface area contributed by atoms with Gasteiger partial charge in [0.2, 0.25) is 0 Å². The molecule has 0 radical (unpaired) electrons. The molecule has 5 heteroatoms. The summed E-state index contributed by atoms with van der Waals surface area (Å²) >= 11 is 0. The van der Waals surface area contributed by atoms with Gasteiger partial charge in [-0.3, -0.25) is 0 Å². The summed E-state index contributed by atoms with van der Waals surface area (Å²) in [6.45, 7) is 9.89. The maximum atomic E-state index is 8.73. The molecule has 0 aliphatic rings. The molecule has 0 heterocycles. The lowest BCUT2D eigenvalue weighted by atomic mass is 10.1. The molecule has 174 valence electrons. The first kappa shape index (κ1) is 28.7. The molecule has 5 nitrogen and oxygen atoms in total. The van der Waals surface area contributed by atoms with Gasteiger partial charge in [0.25, 0.3) is 0 Å². The van der Waals surface area contributed by atoms with E-state index in [1.165, 1.54) is 77.0 Å². The Morgan fingerprint density at radius 3 is 1.37 bits per heavy atom. The van der Waals surface area contributed by atoms with Gasteiger partial charge in [0.15, 0.2) is 0 Å². The van der Waals surface area contributed by atoms with Crippen molar-refractivity contribution in [3.8, 4) is 0 Å². The molecule has 0 bridgehead atoms. The van der Waals surface area contributed by atoms with E-state index in [1.807, 2.05) is 12.2 Å². The van der Waals surface area contributed by atoms with E-state index in [-0.39, 0.29) is 6.04 Å². The molecule has 0 aliphatic carbocycles. The van der Waals surface area contributed by atoms with Crippen molar-refractivity contribution < 1.29 is 9.47 Å². The fourth-order valence-electron chi connectivity index (χ4n) is 3.38.